The van der Waals surface area contributed by atoms with Crippen molar-refractivity contribution in [2.45, 2.75) is 45.8 Å². The third-order valence-electron chi connectivity index (χ3n) is 3.05. The lowest BCUT2D eigenvalue weighted by Crippen LogP contribution is -2.42. The zero-order chi connectivity index (χ0) is 14.4. The first-order chi connectivity index (χ1) is 8.99. The van der Waals surface area contributed by atoms with E-state index in [0.29, 0.717) is 5.75 Å². The summed E-state index contributed by atoms with van der Waals surface area (Å²) in [4.78, 5) is 11.9. The molecule has 106 valence electrons. The molecule has 0 heterocycles. The summed E-state index contributed by atoms with van der Waals surface area (Å²) in [6.07, 6.45) is 1.09. The van der Waals surface area contributed by atoms with Crippen LogP contribution in [0, 0.1) is 0 Å². The molecule has 0 fully saturated rings. The Labute approximate surface area is 113 Å². The number of phenols is 1. The Balaban J connectivity index is 2.66. The molecule has 1 aromatic rings. The Kier molecular flexibility index (Phi) is 5.48. The smallest absolute Gasteiger partial charge is 0.260 e. The summed E-state index contributed by atoms with van der Waals surface area (Å²) < 4.78 is 5.48. The topological polar surface area (TPSA) is 84.6 Å². The predicted molar refractivity (Wildman–Crippen MR) is 75.1 cm³/mol. The number of amides is 1. The summed E-state index contributed by atoms with van der Waals surface area (Å²) in [6.45, 7) is 5.70. The zero-order valence-corrected chi connectivity index (χ0v) is 11.6. The molecule has 0 radical (unpaired) electrons. The molecule has 4 N–H and O–H groups in total. The van der Waals surface area contributed by atoms with Gasteiger partial charge in [0.25, 0.3) is 5.91 Å². The zero-order valence-electron chi connectivity index (χ0n) is 11.6. The van der Waals surface area contributed by atoms with Crippen LogP contribution >= 0.6 is 0 Å². The minimum Gasteiger partial charge on any atom is -0.506 e. The molecule has 19 heavy (non-hydrogen) atoms. The van der Waals surface area contributed by atoms with E-state index in [4.69, 9.17) is 10.5 Å². The molecule has 1 rings (SSSR count). The Bertz CT molecular complexity index is 431. The highest BCUT2D eigenvalue weighted by atomic mass is 16.5. The second kappa shape index (κ2) is 6.87. The number of hydrogen-bond donors (Lipinski definition) is 3. The second-order valence-electron chi connectivity index (χ2n) is 4.47. The van der Waals surface area contributed by atoms with E-state index < -0.39 is 6.10 Å². The van der Waals surface area contributed by atoms with Crippen molar-refractivity contribution in [3.8, 4) is 11.5 Å². The molecule has 0 aromatic heterocycles. The molecule has 1 amide bonds. The number of hydrogen-bond acceptors (Lipinski definition) is 4. The molecule has 0 saturated heterocycles. The maximum absolute atomic E-state index is 11.9. The van der Waals surface area contributed by atoms with Gasteiger partial charge >= 0.3 is 0 Å². The lowest BCUT2D eigenvalue weighted by molar-refractivity contribution is -0.128. The summed E-state index contributed by atoms with van der Waals surface area (Å²) >= 11 is 0. The number of para-hydroxylation sites is 1. The van der Waals surface area contributed by atoms with Crippen molar-refractivity contribution < 1.29 is 14.6 Å². The first-order valence-corrected chi connectivity index (χ1v) is 6.54. The van der Waals surface area contributed by atoms with Gasteiger partial charge in [0, 0.05) is 6.04 Å². The number of aromatic hydroxyl groups is 1. The molecule has 0 spiro atoms. The monoisotopic (exact) mass is 266 g/mol. The minimum atomic E-state index is -0.662. The molecule has 1 aromatic carbocycles. The van der Waals surface area contributed by atoms with E-state index in [0.717, 1.165) is 12.8 Å². The van der Waals surface area contributed by atoms with Crippen LogP contribution in [-0.2, 0) is 4.79 Å². The Morgan fingerprint density at radius 1 is 1.42 bits per heavy atom. The molecule has 1 unspecified atom stereocenters. The lowest BCUT2D eigenvalue weighted by Gasteiger charge is -2.20. The van der Waals surface area contributed by atoms with E-state index in [1.54, 1.807) is 19.1 Å². The van der Waals surface area contributed by atoms with Crippen molar-refractivity contribution in [3.63, 3.8) is 0 Å². The maximum atomic E-state index is 11.9. The van der Waals surface area contributed by atoms with Crippen LogP contribution in [0.3, 0.4) is 0 Å². The third-order valence-corrected chi connectivity index (χ3v) is 3.05. The maximum Gasteiger partial charge on any atom is 0.260 e. The van der Waals surface area contributed by atoms with Gasteiger partial charge in [-0.05, 0) is 31.9 Å². The lowest BCUT2D eigenvalue weighted by atomic mass is 10.1. The van der Waals surface area contributed by atoms with Crippen LogP contribution in [0.5, 0.6) is 11.5 Å². The van der Waals surface area contributed by atoms with Crippen molar-refractivity contribution >= 4 is 11.6 Å². The number of carbonyl (C=O) groups excluding carboxylic acids is 1. The average Bonchev–Trinajstić information content (AvgIpc) is 2.40. The molecular weight excluding hydrogens is 244 g/mol. The summed E-state index contributed by atoms with van der Waals surface area (Å²) in [6, 6.07) is 4.86. The minimum absolute atomic E-state index is 0.0508. The normalized spacial score (nSPS) is 12.2. The van der Waals surface area contributed by atoms with Crippen LogP contribution in [0.15, 0.2) is 18.2 Å². The number of nitrogen functional groups attached to an aromatic ring is 1. The van der Waals surface area contributed by atoms with Crippen LogP contribution < -0.4 is 15.8 Å². The number of nitrogens with one attached hydrogen (secondary N) is 1. The highest BCUT2D eigenvalue weighted by Gasteiger charge is 2.18. The van der Waals surface area contributed by atoms with Gasteiger partial charge in [0.15, 0.2) is 6.10 Å². The van der Waals surface area contributed by atoms with Gasteiger partial charge in [-0.25, -0.2) is 0 Å². The molecule has 5 heteroatoms. The van der Waals surface area contributed by atoms with Gasteiger partial charge in [-0.15, -0.1) is 0 Å². The van der Waals surface area contributed by atoms with Gasteiger partial charge in [-0.1, -0.05) is 19.9 Å². The molecule has 5 nitrogen and oxygen atoms in total. The fourth-order valence-electron chi connectivity index (χ4n) is 1.69. The van der Waals surface area contributed by atoms with E-state index in [1.807, 2.05) is 13.8 Å². The van der Waals surface area contributed by atoms with Gasteiger partial charge in [0.1, 0.15) is 17.2 Å². The number of anilines is 1. The number of ether oxygens (including phenoxy) is 1. The molecule has 0 aliphatic carbocycles. The van der Waals surface area contributed by atoms with E-state index in [2.05, 4.69) is 5.32 Å². The van der Waals surface area contributed by atoms with Crippen LogP contribution in [0.2, 0.25) is 0 Å². The van der Waals surface area contributed by atoms with Crippen LogP contribution in [0.4, 0.5) is 5.69 Å². The van der Waals surface area contributed by atoms with E-state index in [1.165, 1.54) is 6.07 Å². The van der Waals surface area contributed by atoms with E-state index >= 15 is 0 Å². The molecular formula is C14H22N2O3. The molecule has 0 bridgehead atoms. The van der Waals surface area contributed by atoms with Crippen LogP contribution in [0.25, 0.3) is 0 Å². The Morgan fingerprint density at radius 3 is 2.63 bits per heavy atom. The first kappa shape index (κ1) is 15.1. The number of rotatable bonds is 6. The molecule has 0 aliphatic heterocycles. The second-order valence-corrected chi connectivity index (χ2v) is 4.47. The SMILES string of the molecule is CCC(CC)NC(=O)C(C)Oc1cccc(O)c1N. The number of benzene rings is 1. The van der Waals surface area contributed by atoms with Gasteiger partial charge < -0.3 is 20.9 Å². The number of nitrogens with two attached hydrogens (primary N) is 1. The van der Waals surface area contributed by atoms with Crippen molar-refractivity contribution in [1.29, 1.82) is 0 Å². The molecule has 0 aliphatic rings. The van der Waals surface area contributed by atoms with Crippen molar-refractivity contribution in [2.75, 3.05) is 5.73 Å². The van der Waals surface area contributed by atoms with Gasteiger partial charge in [-0.2, -0.15) is 0 Å². The average molecular weight is 266 g/mol. The predicted octanol–water partition coefficient (Wildman–Crippen LogP) is 2.05. The van der Waals surface area contributed by atoms with Crippen molar-refractivity contribution in [1.82, 2.24) is 5.32 Å². The fraction of sp³-hybridized carbons (Fsp3) is 0.500. The quantitative estimate of drug-likeness (QED) is 0.543. The summed E-state index contributed by atoms with van der Waals surface area (Å²) in [5, 5.41) is 12.4. The van der Waals surface area contributed by atoms with E-state index in [-0.39, 0.29) is 23.4 Å². The van der Waals surface area contributed by atoms with Gasteiger partial charge in [0.2, 0.25) is 0 Å². The third kappa shape index (κ3) is 4.05. The van der Waals surface area contributed by atoms with Gasteiger partial charge in [-0.3, -0.25) is 4.79 Å². The van der Waals surface area contributed by atoms with Gasteiger partial charge in [0.05, 0.1) is 0 Å². The molecule has 1 atom stereocenters. The summed E-state index contributed by atoms with van der Waals surface area (Å²) in [5.41, 5.74) is 5.82. The molecule has 0 saturated carbocycles. The highest BCUT2D eigenvalue weighted by molar-refractivity contribution is 5.81. The fourth-order valence-corrected chi connectivity index (χ4v) is 1.69. The van der Waals surface area contributed by atoms with Crippen LogP contribution in [0.1, 0.15) is 33.6 Å². The summed E-state index contributed by atoms with van der Waals surface area (Å²) in [7, 11) is 0. The van der Waals surface area contributed by atoms with E-state index in [9.17, 15) is 9.90 Å². The highest BCUT2D eigenvalue weighted by Crippen LogP contribution is 2.30. The van der Waals surface area contributed by atoms with Crippen molar-refractivity contribution in [2.24, 2.45) is 0 Å². The standard InChI is InChI=1S/C14H22N2O3/c1-4-10(5-2)16-14(18)9(3)19-12-8-6-7-11(17)13(12)15/h6-10,17H,4-5,15H2,1-3H3,(H,16,18). The largest absolute Gasteiger partial charge is 0.506 e. The summed E-state index contributed by atoms with van der Waals surface area (Å²) in [5.74, 6) is 0.0775. The van der Waals surface area contributed by atoms with Crippen LogP contribution in [-0.4, -0.2) is 23.2 Å². The van der Waals surface area contributed by atoms with Crippen molar-refractivity contribution in [3.05, 3.63) is 18.2 Å². The Hall–Kier alpha value is -1.91. The number of carbonyl (C=O) groups is 1. The first-order valence-electron chi connectivity index (χ1n) is 6.54. The number of phenolic OH excluding ortho intramolecular Hbond substituents is 1. The Morgan fingerprint density at radius 2 is 2.05 bits per heavy atom.